The predicted molar refractivity (Wildman–Crippen MR) is 73.4 cm³/mol. The van der Waals surface area contributed by atoms with Gasteiger partial charge in [-0.2, -0.15) is 10.2 Å². The number of hydrogen-bond donors (Lipinski definition) is 3. The quantitative estimate of drug-likeness (QED) is 0.674. The van der Waals surface area contributed by atoms with Crippen molar-refractivity contribution in [1.82, 2.24) is 24.7 Å². The third-order valence-electron chi connectivity index (χ3n) is 2.89. The van der Waals surface area contributed by atoms with Crippen LogP contribution in [-0.2, 0) is 23.1 Å². The fraction of sp³-hybridized carbons (Fsp3) is 0.455. The van der Waals surface area contributed by atoms with Crippen molar-refractivity contribution < 1.29 is 8.42 Å². The summed E-state index contributed by atoms with van der Waals surface area (Å²) in [6.45, 7) is 4.47. The number of sulfonamides is 1. The molecule has 0 aromatic carbocycles. The predicted octanol–water partition coefficient (Wildman–Crippen LogP) is -0.340. The summed E-state index contributed by atoms with van der Waals surface area (Å²) in [5.74, 6) is 0. The summed E-state index contributed by atoms with van der Waals surface area (Å²) in [4.78, 5) is 0. The van der Waals surface area contributed by atoms with E-state index in [1.54, 1.807) is 17.8 Å². The molecule has 0 spiro atoms. The van der Waals surface area contributed by atoms with Gasteiger partial charge >= 0.3 is 0 Å². The second kappa shape index (κ2) is 5.73. The molecule has 2 aromatic rings. The average Bonchev–Trinajstić information content (AvgIpc) is 2.95. The molecule has 0 aliphatic carbocycles. The Morgan fingerprint density at radius 1 is 1.45 bits per heavy atom. The molecule has 0 radical (unpaired) electrons. The minimum Gasteiger partial charge on any atom is -0.326 e. The number of nitrogens with one attached hydrogen (secondary N) is 2. The Balaban J connectivity index is 2.04. The largest absolute Gasteiger partial charge is 0.326 e. The van der Waals surface area contributed by atoms with Crippen LogP contribution in [0, 0.1) is 13.8 Å². The van der Waals surface area contributed by atoms with E-state index in [9.17, 15) is 8.42 Å². The van der Waals surface area contributed by atoms with Crippen LogP contribution in [0.4, 0.5) is 0 Å². The van der Waals surface area contributed by atoms with E-state index in [1.165, 1.54) is 0 Å². The van der Waals surface area contributed by atoms with E-state index in [0.29, 0.717) is 17.8 Å². The van der Waals surface area contributed by atoms with Gasteiger partial charge < -0.3 is 5.73 Å². The topological polar surface area (TPSA) is 119 Å². The van der Waals surface area contributed by atoms with E-state index in [1.807, 2.05) is 13.1 Å². The number of nitrogens with zero attached hydrogens (tertiary/aromatic N) is 3. The van der Waals surface area contributed by atoms with Gasteiger partial charge in [0.05, 0.1) is 12.7 Å². The number of hydrogen-bond acceptors (Lipinski definition) is 5. The molecule has 20 heavy (non-hydrogen) atoms. The number of nitrogens with two attached hydrogens (primary N) is 1. The molecule has 0 atom stereocenters. The maximum Gasteiger partial charge on any atom is 0.260 e. The molecule has 0 saturated carbocycles. The summed E-state index contributed by atoms with van der Waals surface area (Å²) in [5, 5.41) is 10.5. The first kappa shape index (κ1) is 14.7. The lowest BCUT2D eigenvalue weighted by Crippen LogP contribution is -2.29. The smallest absolute Gasteiger partial charge is 0.260 e. The van der Waals surface area contributed by atoms with Gasteiger partial charge in [-0.1, -0.05) is 0 Å². The number of aryl methyl sites for hydroxylation is 2. The molecule has 110 valence electrons. The molecule has 0 bridgehead atoms. The molecule has 0 aliphatic heterocycles. The lowest BCUT2D eigenvalue weighted by molar-refractivity contribution is 0.556. The summed E-state index contributed by atoms with van der Waals surface area (Å²) in [5.41, 5.74) is 7.75. The molecular weight excluding hydrogens is 280 g/mol. The van der Waals surface area contributed by atoms with E-state index < -0.39 is 10.0 Å². The van der Waals surface area contributed by atoms with Gasteiger partial charge in [-0.05, 0) is 19.4 Å². The first-order valence-electron chi connectivity index (χ1n) is 6.16. The van der Waals surface area contributed by atoms with E-state index in [0.717, 1.165) is 5.56 Å². The number of aromatic amines is 1. The van der Waals surface area contributed by atoms with Gasteiger partial charge in [-0.3, -0.25) is 9.78 Å². The molecule has 4 N–H and O–H groups in total. The zero-order valence-electron chi connectivity index (χ0n) is 11.4. The van der Waals surface area contributed by atoms with E-state index in [-0.39, 0.29) is 18.1 Å². The molecule has 2 aromatic heterocycles. The second-order valence-electron chi connectivity index (χ2n) is 4.51. The Morgan fingerprint density at radius 2 is 2.20 bits per heavy atom. The lowest BCUT2D eigenvalue weighted by atomic mass is 10.3. The third-order valence-corrected chi connectivity index (χ3v) is 4.32. The minimum absolute atomic E-state index is 0.0332. The van der Waals surface area contributed by atoms with E-state index >= 15 is 0 Å². The summed E-state index contributed by atoms with van der Waals surface area (Å²) in [6, 6.07) is 0. The molecule has 2 rings (SSSR count). The van der Waals surface area contributed by atoms with Gasteiger partial charge in [0.2, 0.25) is 0 Å². The maximum atomic E-state index is 12.1. The van der Waals surface area contributed by atoms with Crippen LogP contribution in [0.25, 0.3) is 0 Å². The van der Waals surface area contributed by atoms with E-state index in [4.69, 9.17) is 5.73 Å². The normalized spacial score (nSPS) is 11.9. The summed E-state index contributed by atoms with van der Waals surface area (Å²) < 4.78 is 28.5. The summed E-state index contributed by atoms with van der Waals surface area (Å²) in [6.07, 6.45) is 3.57. The van der Waals surface area contributed by atoms with Gasteiger partial charge in [0.15, 0.2) is 5.03 Å². The highest BCUT2D eigenvalue weighted by molar-refractivity contribution is 7.89. The molecule has 2 heterocycles. The Morgan fingerprint density at radius 3 is 2.80 bits per heavy atom. The van der Waals surface area contributed by atoms with Gasteiger partial charge in [-0.15, -0.1) is 0 Å². The van der Waals surface area contributed by atoms with Crippen molar-refractivity contribution in [2.24, 2.45) is 5.73 Å². The highest BCUT2D eigenvalue weighted by Crippen LogP contribution is 2.14. The first-order chi connectivity index (χ1) is 9.44. The van der Waals surface area contributed by atoms with Crippen LogP contribution in [0.15, 0.2) is 17.4 Å². The number of rotatable bonds is 6. The van der Waals surface area contributed by atoms with Crippen LogP contribution in [0.2, 0.25) is 0 Å². The fourth-order valence-corrected chi connectivity index (χ4v) is 3.07. The minimum atomic E-state index is -3.66. The summed E-state index contributed by atoms with van der Waals surface area (Å²) in [7, 11) is -3.66. The Hall–Kier alpha value is -1.71. The monoisotopic (exact) mass is 298 g/mol. The second-order valence-corrected chi connectivity index (χ2v) is 6.20. The maximum absolute atomic E-state index is 12.1. The molecule has 0 amide bonds. The average molecular weight is 298 g/mol. The molecule has 8 nitrogen and oxygen atoms in total. The van der Waals surface area contributed by atoms with Crippen LogP contribution in [-0.4, -0.2) is 34.9 Å². The van der Waals surface area contributed by atoms with Crippen molar-refractivity contribution in [3.63, 3.8) is 0 Å². The molecule has 0 fully saturated rings. The zero-order valence-corrected chi connectivity index (χ0v) is 12.2. The van der Waals surface area contributed by atoms with Crippen molar-refractivity contribution in [3.8, 4) is 0 Å². The zero-order chi connectivity index (χ0) is 14.8. The van der Waals surface area contributed by atoms with Gasteiger partial charge in [0, 0.05) is 30.5 Å². The van der Waals surface area contributed by atoms with Gasteiger partial charge in [0.25, 0.3) is 10.0 Å². The standard InChI is InChI=1S/C11H18N6O2S/c1-8-6-13-17(7-8)4-3-14-20(18,19)11-10(5-12)9(2)15-16-11/h6-7,14H,3-5,12H2,1-2H3,(H,15,16). The molecule has 0 saturated heterocycles. The van der Waals surface area contributed by atoms with Crippen molar-refractivity contribution in [2.75, 3.05) is 6.54 Å². The van der Waals surface area contributed by atoms with E-state index in [2.05, 4.69) is 20.0 Å². The van der Waals surface area contributed by atoms with Crippen molar-refractivity contribution in [3.05, 3.63) is 29.2 Å². The lowest BCUT2D eigenvalue weighted by Gasteiger charge is -2.06. The van der Waals surface area contributed by atoms with Crippen LogP contribution >= 0.6 is 0 Å². The Labute approximate surface area is 117 Å². The summed E-state index contributed by atoms with van der Waals surface area (Å²) >= 11 is 0. The number of aromatic nitrogens is 4. The molecular formula is C11H18N6O2S. The van der Waals surface area contributed by atoms with Crippen molar-refractivity contribution in [2.45, 2.75) is 32.0 Å². The first-order valence-corrected chi connectivity index (χ1v) is 7.65. The van der Waals surface area contributed by atoms with Crippen LogP contribution in [0.5, 0.6) is 0 Å². The third kappa shape index (κ3) is 3.06. The molecule has 9 heteroatoms. The van der Waals surface area contributed by atoms with Crippen molar-refractivity contribution >= 4 is 10.0 Å². The van der Waals surface area contributed by atoms with Crippen LogP contribution in [0.1, 0.15) is 16.8 Å². The van der Waals surface area contributed by atoms with Crippen LogP contribution in [0.3, 0.4) is 0 Å². The van der Waals surface area contributed by atoms with Gasteiger partial charge in [-0.25, -0.2) is 13.1 Å². The molecule has 0 unspecified atom stereocenters. The molecule has 0 aliphatic rings. The highest BCUT2D eigenvalue weighted by Gasteiger charge is 2.22. The number of H-pyrrole nitrogens is 1. The van der Waals surface area contributed by atoms with Crippen molar-refractivity contribution in [1.29, 1.82) is 0 Å². The Kier molecular flexibility index (Phi) is 4.21. The fourth-order valence-electron chi connectivity index (χ4n) is 1.84. The van der Waals surface area contributed by atoms with Gasteiger partial charge in [0.1, 0.15) is 0 Å². The highest BCUT2D eigenvalue weighted by atomic mass is 32.2. The SMILES string of the molecule is Cc1cnn(CCNS(=O)(=O)c2n[nH]c(C)c2CN)c1. The van der Waals surface area contributed by atoms with Crippen LogP contribution < -0.4 is 10.5 Å². The Bertz CT molecular complexity index is 688.